The Labute approximate surface area is 89.3 Å². The highest BCUT2D eigenvalue weighted by Crippen LogP contribution is 2.35. The highest BCUT2D eigenvalue weighted by atomic mass is 35.5. The van der Waals surface area contributed by atoms with Gasteiger partial charge < -0.3 is 4.74 Å². The van der Waals surface area contributed by atoms with Gasteiger partial charge in [-0.1, -0.05) is 25.4 Å². The van der Waals surface area contributed by atoms with E-state index in [4.69, 9.17) is 16.3 Å². The Morgan fingerprint density at radius 2 is 2.21 bits per heavy atom. The molecule has 76 valence electrons. The van der Waals surface area contributed by atoms with E-state index in [1.165, 1.54) is 0 Å². The van der Waals surface area contributed by atoms with Gasteiger partial charge in [0.05, 0.1) is 6.10 Å². The van der Waals surface area contributed by atoms with Crippen LogP contribution in [0.25, 0.3) is 0 Å². The second-order valence-corrected chi connectivity index (χ2v) is 4.34. The van der Waals surface area contributed by atoms with Gasteiger partial charge in [0, 0.05) is 11.8 Å². The first-order chi connectivity index (χ1) is 6.68. The Morgan fingerprint density at radius 3 is 2.79 bits per heavy atom. The van der Waals surface area contributed by atoms with Crippen molar-refractivity contribution in [2.45, 2.75) is 38.7 Å². The summed E-state index contributed by atoms with van der Waals surface area (Å²) < 4.78 is 5.77. The maximum Gasteiger partial charge on any atom is 0.136 e. The van der Waals surface area contributed by atoms with Crippen LogP contribution < -0.4 is 4.74 Å². The minimum Gasteiger partial charge on any atom is -0.490 e. The van der Waals surface area contributed by atoms with Gasteiger partial charge in [-0.2, -0.15) is 0 Å². The topological polar surface area (TPSA) is 22.1 Å². The number of aromatic nitrogens is 1. The largest absolute Gasteiger partial charge is 0.490 e. The summed E-state index contributed by atoms with van der Waals surface area (Å²) in [6.07, 6.45) is 4.44. The molecule has 0 unspecified atom stereocenters. The molecule has 2 rings (SSSR count). The molecular formula is C11H14ClNO. The SMILES string of the molecule is CC(C)c1c(OC2CC2)ccnc1Cl. The lowest BCUT2D eigenvalue weighted by atomic mass is 10.1. The van der Waals surface area contributed by atoms with Crippen molar-refractivity contribution in [3.05, 3.63) is 23.0 Å². The zero-order valence-corrected chi connectivity index (χ0v) is 9.21. The van der Waals surface area contributed by atoms with E-state index < -0.39 is 0 Å². The molecule has 0 spiro atoms. The van der Waals surface area contributed by atoms with Crippen molar-refractivity contribution in [1.82, 2.24) is 4.98 Å². The minimum absolute atomic E-state index is 0.352. The number of pyridine rings is 1. The molecular weight excluding hydrogens is 198 g/mol. The van der Waals surface area contributed by atoms with Gasteiger partial charge in [-0.05, 0) is 24.8 Å². The van der Waals surface area contributed by atoms with E-state index in [9.17, 15) is 0 Å². The molecule has 1 aromatic heterocycles. The predicted molar refractivity (Wildman–Crippen MR) is 57.0 cm³/mol. The van der Waals surface area contributed by atoms with Crippen LogP contribution in [0.1, 0.15) is 38.2 Å². The summed E-state index contributed by atoms with van der Waals surface area (Å²) in [5, 5.41) is 0.568. The smallest absolute Gasteiger partial charge is 0.136 e. The third-order valence-corrected chi connectivity index (χ3v) is 2.60. The van der Waals surface area contributed by atoms with Gasteiger partial charge in [-0.15, -0.1) is 0 Å². The molecule has 1 aliphatic carbocycles. The molecule has 1 aromatic rings. The van der Waals surface area contributed by atoms with Crippen LogP contribution in [0.4, 0.5) is 0 Å². The van der Waals surface area contributed by atoms with Crippen molar-refractivity contribution in [3.63, 3.8) is 0 Å². The Morgan fingerprint density at radius 1 is 1.50 bits per heavy atom. The Hall–Kier alpha value is -0.760. The second-order valence-electron chi connectivity index (χ2n) is 3.99. The van der Waals surface area contributed by atoms with Gasteiger partial charge in [-0.25, -0.2) is 4.98 Å². The maximum atomic E-state index is 6.04. The first-order valence-corrected chi connectivity index (χ1v) is 5.37. The summed E-state index contributed by atoms with van der Waals surface area (Å²) in [6, 6.07) is 1.90. The van der Waals surface area contributed by atoms with Crippen LogP contribution in [0.3, 0.4) is 0 Å². The van der Waals surface area contributed by atoms with Crippen molar-refractivity contribution in [2.75, 3.05) is 0 Å². The van der Waals surface area contributed by atoms with Crippen molar-refractivity contribution < 1.29 is 4.74 Å². The summed E-state index contributed by atoms with van der Waals surface area (Å²) in [7, 11) is 0. The lowest BCUT2D eigenvalue weighted by molar-refractivity contribution is 0.298. The first-order valence-electron chi connectivity index (χ1n) is 4.99. The van der Waals surface area contributed by atoms with Crippen LogP contribution in [0, 0.1) is 0 Å². The number of ether oxygens (including phenoxy) is 1. The molecule has 0 aromatic carbocycles. The van der Waals surface area contributed by atoms with Crippen LogP contribution in [0.2, 0.25) is 5.15 Å². The van der Waals surface area contributed by atoms with Crippen molar-refractivity contribution >= 4 is 11.6 Å². The number of halogens is 1. The van der Waals surface area contributed by atoms with Gasteiger partial charge in [-0.3, -0.25) is 0 Å². The van der Waals surface area contributed by atoms with E-state index in [1.807, 2.05) is 6.07 Å². The Balaban J connectivity index is 2.30. The lowest BCUT2D eigenvalue weighted by Crippen LogP contribution is -2.02. The summed E-state index contributed by atoms with van der Waals surface area (Å²) in [5.74, 6) is 1.26. The normalized spacial score (nSPS) is 16.0. The molecule has 3 heteroatoms. The Kier molecular flexibility index (Phi) is 2.64. The fraction of sp³-hybridized carbons (Fsp3) is 0.545. The van der Waals surface area contributed by atoms with E-state index in [0.717, 1.165) is 24.2 Å². The van der Waals surface area contributed by atoms with Crippen LogP contribution in [0.15, 0.2) is 12.3 Å². The van der Waals surface area contributed by atoms with Gasteiger partial charge in [0.25, 0.3) is 0 Å². The van der Waals surface area contributed by atoms with Crippen LogP contribution in [-0.2, 0) is 0 Å². The maximum absolute atomic E-state index is 6.04. The van der Waals surface area contributed by atoms with E-state index >= 15 is 0 Å². The van der Waals surface area contributed by atoms with E-state index in [2.05, 4.69) is 18.8 Å². The van der Waals surface area contributed by atoms with Gasteiger partial charge in [0.15, 0.2) is 0 Å². The fourth-order valence-electron chi connectivity index (χ4n) is 1.42. The molecule has 0 radical (unpaired) electrons. The molecule has 2 nitrogen and oxygen atoms in total. The quantitative estimate of drug-likeness (QED) is 0.715. The average molecular weight is 212 g/mol. The summed E-state index contributed by atoms with van der Waals surface area (Å²) in [6.45, 7) is 4.20. The molecule has 0 bridgehead atoms. The third-order valence-electron chi connectivity index (χ3n) is 2.30. The summed E-state index contributed by atoms with van der Waals surface area (Å²) in [4.78, 5) is 4.07. The fourth-order valence-corrected chi connectivity index (χ4v) is 1.79. The predicted octanol–water partition coefficient (Wildman–Crippen LogP) is 3.40. The van der Waals surface area contributed by atoms with Crippen molar-refractivity contribution in [3.8, 4) is 5.75 Å². The molecule has 0 N–H and O–H groups in total. The van der Waals surface area contributed by atoms with Gasteiger partial charge in [0.2, 0.25) is 0 Å². The molecule has 0 amide bonds. The van der Waals surface area contributed by atoms with E-state index in [-0.39, 0.29) is 0 Å². The van der Waals surface area contributed by atoms with E-state index in [1.54, 1.807) is 6.20 Å². The molecule has 0 saturated heterocycles. The average Bonchev–Trinajstić information content (AvgIpc) is 2.87. The lowest BCUT2D eigenvalue weighted by Gasteiger charge is -2.14. The van der Waals surface area contributed by atoms with Crippen molar-refractivity contribution in [1.29, 1.82) is 0 Å². The zero-order valence-electron chi connectivity index (χ0n) is 8.46. The summed E-state index contributed by atoms with van der Waals surface area (Å²) >= 11 is 6.04. The first kappa shape index (κ1) is 9.78. The van der Waals surface area contributed by atoms with Crippen LogP contribution in [0.5, 0.6) is 5.75 Å². The number of rotatable bonds is 3. The standard InChI is InChI=1S/C11H14ClNO/c1-7(2)10-9(14-8-3-4-8)5-6-13-11(10)12/h5-8H,3-4H2,1-2H3. The molecule has 1 aliphatic rings. The zero-order chi connectivity index (χ0) is 10.1. The minimum atomic E-state index is 0.352. The molecule has 1 heterocycles. The molecule has 0 atom stereocenters. The number of nitrogens with zero attached hydrogens (tertiary/aromatic N) is 1. The third kappa shape index (κ3) is 2.01. The highest BCUT2D eigenvalue weighted by molar-refractivity contribution is 6.30. The monoisotopic (exact) mass is 211 g/mol. The Bertz CT molecular complexity index is 334. The summed E-state index contributed by atoms with van der Waals surface area (Å²) in [5.41, 5.74) is 1.03. The van der Waals surface area contributed by atoms with Crippen LogP contribution >= 0.6 is 11.6 Å². The second kappa shape index (κ2) is 3.77. The van der Waals surface area contributed by atoms with Crippen molar-refractivity contribution in [2.24, 2.45) is 0 Å². The molecule has 14 heavy (non-hydrogen) atoms. The molecule has 0 aliphatic heterocycles. The van der Waals surface area contributed by atoms with Gasteiger partial charge in [0.1, 0.15) is 10.9 Å². The number of hydrogen-bond acceptors (Lipinski definition) is 2. The molecule has 1 fully saturated rings. The van der Waals surface area contributed by atoms with Crippen LogP contribution in [-0.4, -0.2) is 11.1 Å². The van der Waals surface area contributed by atoms with Gasteiger partial charge >= 0.3 is 0 Å². The highest BCUT2D eigenvalue weighted by Gasteiger charge is 2.25. The molecule has 1 saturated carbocycles. The van der Waals surface area contributed by atoms with E-state index in [0.29, 0.717) is 17.2 Å². The number of hydrogen-bond donors (Lipinski definition) is 0.